The second-order valence-corrected chi connectivity index (χ2v) is 5.63. The molecule has 0 saturated carbocycles. The summed E-state index contributed by atoms with van der Waals surface area (Å²) in [4.78, 5) is 21.3. The van der Waals surface area contributed by atoms with Crippen molar-refractivity contribution < 1.29 is 19.8 Å². The highest BCUT2D eigenvalue weighted by Crippen LogP contribution is 2.19. The van der Waals surface area contributed by atoms with E-state index in [1.54, 1.807) is 0 Å². The van der Waals surface area contributed by atoms with Crippen molar-refractivity contribution in [3.8, 4) is 0 Å². The molecule has 0 heterocycles. The zero-order valence-electron chi connectivity index (χ0n) is 11.1. The maximum absolute atomic E-state index is 10.9. The Bertz CT molecular complexity index is 243. The van der Waals surface area contributed by atoms with Crippen LogP contribution in [0.4, 0.5) is 0 Å². The van der Waals surface area contributed by atoms with Gasteiger partial charge >= 0.3 is 11.9 Å². The number of hydrogen-bond donors (Lipinski definition) is 2. The van der Waals surface area contributed by atoms with Gasteiger partial charge in [0.1, 0.15) is 5.25 Å². The molecular weight excluding hydrogens is 252 g/mol. The summed E-state index contributed by atoms with van der Waals surface area (Å²) >= 11 is 1.01. The second-order valence-electron chi connectivity index (χ2n) is 4.44. The van der Waals surface area contributed by atoms with E-state index in [1.807, 2.05) is 0 Å². The van der Waals surface area contributed by atoms with Gasteiger partial charge in [0.15, 0.2) is 0 Å². The van der Waals surface area contributed by atoms with E-state index in [1.165, 1.54) is 25.7 Å². The average molecular weight is 276 g/mol. The van der Waals surface area contributed by atoms with E-state index in [4.69, 9.17) is 10.2 Å². The molecule has 1 unspecified atom stereocenters. The van der Waals surface area contributed by atoms with Crippen molar-refractivity contribution in [3.63, 3.8) is 0 Å². The Labute approximate surface area is 113 Å². The van der Waals surface area contributed by atoms with Gasteiger partial charge in [0.2, 0.25) is 0 Å². The number of carbonyl (C=O) groups is 2. The molecule has 0 aliphatic carbocycles. The lowest BCUT2D eigenvalue weighted by molar-refractivity contribution is -0.136. The van der Waals surface area contributed by atoms with Gasteiger partial charge in [-0.25, -0.2) is 0 Å². The van der Waals surface area contributed by atoms with E-state index in [2.05, 4.69) is 6.92 Å². The van der Waals surface area contributed by atoms with Crippen molar-refractivity contribution in [2.24, 2.45) is 0 Å². The number of hydrogen-bond acceptors (Lipinski definition) is 3. The fraction of sp³-hybridized carbons (Fsp3) is 0.846. The summed E-state index contributed by atoms with van der Waals surface area (Å²) in [5.41, 5.74) is 0. The summed E-state index contributed by atoms with van der Waals surface area (Å²) in [7, 11) is 0. The van der Waals surface area contributed by atoms with Gasteiger partial charge in [-0.3, -0.25) is 9.59 Å². The molecule has 0 fully saturated rings. The molecule has 1 atom stereocenters. The Hall–Kier alpha value is -0.710. The van der Waals surface area contributed by atoms with Crippen LogP contribution in [0.5, 0.6) is 0 Å². The number of aliphatic carboxylic acids is 2. The minimum absolute atomic E-state index is 0.131. The van der Waals surface area contributed by atoms with Crippen molar-refractivity contribution in [2.75, 3.05) is 5.75 Å². The fourth-order valence-corrected chi connectivity index (χ4v) is 2.56. The van der Waals surface area contributed by atoms with E-state index in [0.717, 1.165) is 31.0 Å². The molecule has 0 radical (unpaired) electrons. The third kappa shape index (κ3) is 10.4. The van der Waals surface area contributed by atoms with Gasteiger partial charge in [0.25, 0.3) is 0 Å². The highest BCUT2D eigenvalue weighted by molar-refractivity contribution is 8.01. The quantitative estimate of drug-likeness (QED) is 0.534. The van der Waals surface area contributed by atoms with Crippen LogP contribution in [0.3, 0.4) is 0 Å². The molecule has 0 bridgehead atoms. The number of carboxylic acid groups (broad SMARTS) is 2. The summed E-state index contributed by atoms with van der Waals surface area (Å²) in [5.74, 6) is -1.98. The van der Waals surface area contributed by atoms with Crippen LogP contribution in [0, 0.1) is 0 Å². The van der Waals surface area contributed by atoms with E-state index < -0.39 is 17.2 Å². The molecule has 0 aromatic carbocycles. The first-order valence-corrected chi connectivity index (χ1v) is 7.69. The summed E-state index contributed by atoms with van der Waals surface area (Å²) < 4.78 is 0. The van der Waals surface area contributed by atoms with Gasteiger partial charge < -0.3 is 10.2 Å². The molecule has 106 valence electrons. The first kappa shape index (κ1) is 17.3. The summed E-state index contributed by atoms with van der Waals surface area (Å²) in [6, 6.07) is 0. The molecule has 0 aromatic rings. The largest absolute Gasteiger partial charge is 0.481 e. The summed E-state index contributed by atoms with van der Waals surface area (Å²) in [5, 5.41) is 16.9. The van der Waals surface area contributed by atoms with Crippen molar-refractivity contribution >= 4 is 23.7 Å². The topological polar surface area (TPSA) is 74.6 Å². The fourth-order valence-electron chi connectivity index (χ4n) is 1.74. The normalized spacial score (nSPS) is 12.3. The Morgan fingerprint density at radius 1 is 1.00 bits per heavy atom. The maximum atomic E-state index is 10.9. The first-order chi connectivity index (χ1) is 8.57. The van der Waals surface area contributed by atoms with Crippen molar-refractivity contribution in [3.05, 3.63) is 0 Å². The number of rotatable bonds is 12. The van der Waals surface area contributed by atoms with Crippen LogP contribution in [0.15, 0.2) is 0 Å². The summed E-state index contributed by atoms with van der Waals surface area (Å²) in [6.45, 7) is 2.18. The molecule has 2 N–H and O–H groups in total. The SMILES string of the molecule is CCCCCCCCCC(SCC(=O)O)C(=O)O. The second kappa shape index (κ2) is 11.4. The number of unbranched alkanes of at least 4 members (excludes halogenated alkanes) is 6. The molecule has 18 heavy (non-hydrogen) atoms. The average Bonchev–Trinajstić information content (AvgIpc) is 2.31. The molecule has 0 aliphatic rings. The Kier molecular flexibility index (Phi) is 10.9. The van der Waals surface area contributed by atoms with E-state index >= 15 is 0 Å². The Balaban J connectivity index is 3.58. The van der Waals surface area contributed by atoms with Gasteiger partial charge in [-0.2, -0.15) is 0 Å². The number of carboxylic acids is 2. The van der Waals surface area contributed by atoms with Crippen molar-refractivity contribution in [2.45, 2.75) is 63.5 Å². The van der Waals surface area contributed by atoms with E-state index in [-0.39, 0.29) is 5.75 Å². The molecule has 0 amide bonds. The van der Waals surface area contributed by atoms with Crippen LogP contribution < -0.4 is 0 Å². The van der Waals surface area contributed by atoms with E-state index in [0.29, 0.717) is 6.42 Å². The van der Waals surface area contributed by atoms with Gasteiger partial charge in [-0.05, 0) is 6.42 Å². The van der Waals surface area contributed by atoms with Crippen LogP contribution in [-0.4, -0.2) is 33.2 Å². The predicted octanol–water partition coefficient (Wildman–Crippen LogP) is 3.40. The third-order valence-electron chi connectivity index (χ3n) is 2.75. The predicted molar refractivity (Wildman–Crippen MR) is 74.1 cm³/mol. The number of thioether (sulfide) groups is 1. The molecule has 0 spiro atoms. The van der Waals surface area contributed by atoms with E-state index in [9.17, 15) is 9.59 Å². The zero-order chi connectivity index (χ0) is 13.8. The molecule has 0 aromatic heterocycles. The van der Waals surface area contributed by atoms with Crippen LogP contribution in [0.2, 0.25) is 0 Å². The molecule has 0 aliphatic heterocycles. The lowest BCUT2D eigenvalue weighted by atomic mass is 10.1. The highest BCUT2D eigenvalue weighted by Gasteiger charge is 2.18. The monoisotopic (exact) mass is 276 g/mol. The van der Waals surface area contributed by atoms with Crippen LogP contribution >= 0.6 is 11.8 Å². The lowest BCUT2D eigenvalue weighted by Gasteiger charge is -2.10. The smallest absolute Gasteiger partial charge is 0.316 e. The zero-order valence-corrected chi connectivity index (χ0v) is 11.9. The Morgan fingerprint density at radius 2 is 1.56 bits per heavy atom. The van der Waals surface area contributed by atoms with Crippen molar-refractivity contribution in [1.29, 1.82) is 0 Å². The standard InChI is InChI=1S/C13H24O4S/c1-2-3-4-5-6-7-8-9-11(13(16)17)18-10-12(14)15/h11H,2-10H2,1H3,(H,14,15)(H,16,17). The van der Waals surface area contributed by atoms with Crippen LogP contribution in [0.25, 0.3) is 0 Å². The first-order valence-electron chi connectivity index (χ1n) is 6.64. The maximum Gasteiger partial charge on any atom is 0.316 e. The lowest BCUT2D eigenvalue weighted by Crippen LogP contribution is -2.18. The minimum Gasteiger partial charge on any atom is -0.481 e. The van der Waals surface area contributed by atoms with Gasteiger partial charge in [-0.15, -0.1) is 11.8 Å². The van der Waals surface area contributed by atoms with Gasteiger partial charge in [-0.1, -0.05) is 51.9 Å². The molecule has 5 heteroatoms. The third-order valence-corrected chi connectivity index (χ3v) is 4.01. The van der Waals surface area contributed by atoms with Crippen molar-refractivity contribution in [1.82, 2.24) is 0 Å². The van der Waals surface area contributed by atoms with Gasteiger partial charge in [0, 0.05) is 0 Å². The highest BCUT2D eigenvalue weighted by atomic mass is 32.2. The molecule has 4 nitrogen and oxygen atoms in total. The molecule has 0 rings (SSSR count). The minimum atomic E-state index is -0.953. The molecular formula is C13H24O4S. The Morgan fingerprint density at radius 3 is 2.06 bits per heavy atom. The van der Waals surface area contributed by atoms with Crippen LogP contribution in [-0.2, 0) is 9.59 Å². The van der Waals surface area contributed by atoms with Crippen LogP contribution in [0.1, 0.15) is 58.3 Å². The van der Waals surface area contributed by atoms with Gasteiger partial charge in [0.05, 0.1) is 5.75 Å². The molecule has 0 saturated heterocycles. The summed E-state index contributed by atoms with van der Waals surface area (Å²) in [6.07, 6.45) is 8.60.